The van der Waals surface area contributed by atoms with Crippen LogP contribution in [0, 0.1) is 0 Å². The molecular formula is C18H20ClN5O. The highest BCUT2D eigenvalue weighted by molar-refractivity contribution is 6.31. The highest BCUT2D eigenvalue weighted by atomic mass is 35.5. The van der Waals surface area contributed by atoms with Crippen LogP contribution < -0.4 is 5.56 Å². The van der Waals surface area contributed by atoms with Crippen molar-refractivity contribution in [3.05, 3.63) is 57.2 Å². The van der Waals surface area contributed by atoms with Gasteiger partial charge in [-0.2, -0.15) is 5.10 Å². The van der Waals surface area contributed by atoms with Crippen LogP contribution in [-0.2, 0) is 19.6 Å². The minimum atomic E-state index is 0.00398. The third-order valence-electron chi connectivity index (χ3n) is 4.64. The van der Waals surface area contributed by atoms with Crippen molar-refractivity contribution in [2.75, 3.05) is 6.54 Å². The van der Waals surface area contributed by atoms with Gasteiger partial charge in [-0.15, -0.1) is 0 Å². The van der Waals surface area contributed by atoms with Crippen molar-refractivity contribution < 1.29 is 0 Å². The molecule has 1 aromatic carbocycles. The summed E-state index contributed by atoms with van der Waals surface area (Å²) < 4.78 is 3.59. The van der Waals surface area contributed by atoms with Gasteiger partial charge in [-0.05, 0) is 25.5 Å². The summed E-state index contributed by atoms with van der Waals surface area (Å²) in [6, 6.07) is 8.03. The van der Waals surface area contributed by atoms with E-state index in [0.717, 1.165) is 29.5 Å². The van der Waals surface area contributed by atoms with Crippen LogP contribution in [0.4, 0.5) is 0 Å². The van der Waals surface area contributed by atoms with Gasteiger partial charge in [0.05, 0.1) is 12.7 Å². The van der Waals surface area contributed by atoms with Gasteiger partial charge in [0.2, 0.25) is 0 Å². The lowest BCUT2D eigenvalue weighted by molar-refractivity contribution is 0.204. The molecule has 0 N–H and O–H groups in total. The van der Waals surface area contributed by atoms with E-state index in [1.54, 1.807) is 10.8 Å². The van der Waals surface area contributed by atoms with Gasteiger partial charge >= 0.3 is 0 Å². The number of benzene rings is 1. The molecule has 4 rings (SSSR count). The van der Waals surface area contributed by atoms with Crippen molar-refractivity contribution in [3.8, 4) is 0 Å². The summed E-state index contributed by atoms with van der Waals surface area (Å²) in [5.41, 5.74) is 1.77. The zero-order valence-electron chi connectivity index (χ0n) is 14.3. The van der Waals surface area contributed by atoms with Gasteiger partial charge in [-0.3, -0.25) is 14.3 Å². The van der Waals surface area contributed by atoms with Crippen LogP contribution in [0.1, 0.15) is 31.3 Å². The van der Waals surface area contributed by atoms with E-state index in [2.05, 4.69) is 10.00 Å². The van der Waals surface area contributed by atoms with Crippen LogP contribution in [-0.4, -0.2) is 30.8 Å². The molecule has 0 aliphatic carbocycles. The Balaban J connectivity index is 1.69. The maximum Gasteiger partial charge on any atom is 0.264 e. The maximum atomic E-state index is 12.8. The molecule has 0 unspecified atom stereocenters. The summed E-state index contributed by atoms with van der Waals surface area (Å²) in [4.78, 5) is 19.8. The lowest BCUT2D eigenvalue weighted by Crippen LogP contribution is -2.39. The topological polar surface area (TPSA) is 56.0 Å². The molecule has 0 saturated carbocycles. The molecule has 0 radical (unpaired) electrons. The summed E-state index contributed by atoms with van der Waals surface area (Å²) >= 11 is 6.28. The van der Waals surface area contributed by atoms with Gasteiger partial charge < -0.3 is 0 Å². The van der Waals surface area contributed by atoms with Gasteiger partial charge in [0.25, 0.3) is 5.56 Å². The molecule has 0 amide bonds. The van der Waals surface area contributed by atoms with Gasteiger partial charge in [-0.25, -0.2) is 9.67 Å². The van der Waals surface area contributed by atoms with Crippen LogP contribution in [0.3, 0.4) is 0 Å². The smallest absolute Gasteiger partial charge is 0.264 e. The van der Waals surface area contributed by atoms with Gasteiger partial charge in [0.15, 0.2) is 5.65 Å². The molecule has 2 aromatic heterocycles. The Morgan fingerprint density at radius 1 is 1.24 bits per heavy atom. The molecule has 0 saturated heterocycles. The third-order valence-corrected chi connectivity index (χ3v) is 5.01. The predicted octanol–water partition coefficient (Wildman–Crippen LogP) is 2.84. The molecule has 1 aliphatic heterocycles. The van der Waals surface area contributed by atoms with Crippen LogP contribution in [0.15, 0.2) is 35.3 Å². The molecule has 0 fully saturated rings. The monoisotopic (exact) mass is 357 g/mol. The zero-order chi connectivity index (χ0) is 17.6. The van der Waals surface area contributed by atoms with Crippen molar-refractivity contribution in [3.63, 3.8) is 0 Å². The van der Waals surface area contributed by atoms with Crippen molar-refractivity contribution in [2.45, 2.75) is 39.5 Å². The molecule has 3 aromatic rings. The SMILES string of the molecule is CC(C)n1ncc2c(=O)n3c(nc21)CN(Cc1ccccc1Cl)CC3. The normalized spacial score (nSPS) is 15.0. The van der Waals surface area contributed by atoms with E-state index in [1.807, 2.05) is 42.8 Å². The predicted molar refractivity (Wildman–Crippen MR) is 97.7 cm³/mol. The Labute approximate surface area is 150 Å². The minimum absolute atomic E-state index is 0.00398. The van der Waals surface area contributed by atoms with Gasteiger partial charge in [0.1, 0.15) is 11.2 Å². The van der Waals surface area contributed by atoms with Crippen LogP contribution in [0.5, 0.6) is 0 Å². The fourth-order valence-corrected chi connectivity index (χ4v) is 3.51. The summed E-state index contributed by atoms with van der Waals surface area (Å²) in [6.07, 6.45) is 1.63. The number of aromatic nitrogens is 4. The number of rotatable bonds is 3. The van der Waals surface area contributed by atoms with E-state index in [0.29, 0.717) is 24.1 Å². The summed E-state index contributed by atoms with van der Waals surface area (Å²) in [7, 11) is 0. The van der Waals surface area contributed by atoms with Crippen LogP contribution in [0.25, 0.3) is 11.0 Å². The molecule has 25 heavy (non-hydrogen) atoms. The van der Waals surface area contributed by atoms with Crippen molar-refractivity contribution >= 4 is 22.6 Å². The standard InChI is InChI=1S/C18H20ClN5O/c1-12(2)24-17-14(9-20-24)18(25)23-8-7-22(11-16(23)21-17)10-13-5-3-4-6-15(13)19/h3-6,9,12H,7-8,10-11H2,1-2H3. The number of hydrogen-bond acceptors (Lipinski definition) is 4. The van der Waals surface area contributed by atoms with Crippen LogP contribution in [0.2, 0.25) is 5.02 Å². The quantitative estimate of drug-likeness (QED) is 0.723. The van der Waals surface area contributed by atoms with E-state index < -0.39 is 0 Å². The number of nitrogens with zero attached hydrogens (tertiary/aromatic N) is 5. The number of fused-ring (bicyclic) bond motifs is 2. The zero-order valence-corrected chi connectivity index (χ0v) is 15.1. The van der Waals surface area contributed by atoms with Crippen molar-refractivity contribution in [2.24, 2.45) is 0 Å². The highest BCUT2D eigenvalue weighted by Gasteiger charge is 2.22. The van der Waals surface area contributed by atoms with Gasteiger partial charge in [-0.1, -0.05) is 29.8 Å². The second-order valence-electron chi connectivity index (χ2n) is 6.71. The first-order valence-electron chi connectivity index (χ1n) is 8.47. The fraction of sp³-hybridized carbons (Fsp3) is 0.389. The highest BCUT2D eigenvalue weighted by Crippen LogP contribution is 2.21. The van der Waals surface area contributed by atoms with Crippen molar-refractivity contribution in [1.82, 2.24) is 24.2 Å². The van der Waals surface area contributed by atoms with E-state index in [1.165, 1.54) is 0 Å². The summed E-state index contributed by atoms with van der Waals surface area (Å²) in [6.45, 7) is 6.87. The fourth-order valence-electron chi connectivity index (χ4n) is 3.32. The number of halogens is 1. The molecule has 0 atom stereocenters. The number of hydrogen-bond donors (Lipinski definition) is 0. The first kappa shape index (κ1) is 16.3. The van der Waals surface area contributed by atoms with E-state index in [-0.39, 0.29) is 11.6 Å². The summed E-state index contributed by atoms with van der Waals surface area (Å²) in [5.74, 6) is 0.790. The molecule has 1 aliphatic rings. The Morgan fingerprint density at radius 2 is 2.04 bits per heavy atom. The second-order valence-corrected chi connectivity index (χ2v) is 7.11. The average Bonchev–Trinajstić information content (AvgIpc) is 3.01. The largest absolute Gasteiger partial charge is 0.294 e. The molecular weight excluding hydrogens is 338 g/mol. The van der Waals surface area contributed by atoms with E-state index >= 15 is 0 Å². The van der Waals surface area contributed by atoms with E-state index in [9.17, 15) is 4.79 Å². The Hall–Kier alpha value is -2.18. The maximum absolute atomic E-state index is 12.8. The Bertz CT molecular complexity index is 991. The Morgan fingerprint density at radius 3 is 2.80 bits per heavy atom. The lowest BCUT2D eigenvalue weighted by Gasteiger charge is -2.29. The molecule has 0 bridgehead atoms. The molecule has 6 nitrogen and oxygen atoms in total. The summed E-state index contributed by atoms with van der Waals surface area (Å²) in [5, 5.41) is 5.70. The molecule has 0 spiro atoms. The molecule has 130 valence electrons. The minimum Gasteiger partial charge on any atom is -0.294 e. The molecule has 7 heteroatoms. The first-order chi connectivity index (χ1) is 12.0. The van der Waals surface area contributed by atoms with Gasteiger partial charge in [0, 0.05) is 30.7 Å². The average molecular weight is 358 g/mol. The van der Waals surface area contributed by atoms with E-state index in [4.69, 9.17) is 16.6 Å². The molecule has 3 heterocycles. The third kappa shape index (κ3) is 2.85. The van der Waals surface area contributed by atoms with Crippen LogP contribution >= 0.6 is 11.6 Å². The first-order valence-corrected chi connectivity index (χ1v) is 8.85. The lowest BCUT2D eigenvalue weighted by atomic mass is 10.2. The second kappa shape index (κ2) is 6.28. The Kier molecular flexibility index (Phi) is 4.09. The van der Waals surface area contributed by atoms with Crippen molar-refractivity contribution in [1.29, 1.82) is 0 Å².